The highest BCUT2D eigenvalue weighted by Gasteiger charge is 2.17. The van der Waals surface area contributed by atoms with E-state index in [2.05, 4.69) is 84.6 Å². The Bertz CT molecular complexity index is 678. The summed E-state index contributed by atoms with van der Waals surface area (Å²) >= 11 is 2.11. The van der Waals surface area contributed by atoms with E-state index in [1.165, 1.54) is 46.6 Å². The molecule has 0 saturated heterocycles. The van der Waals surface area contributed by atoms with E-state index >= 15 is 0 Å². The molecular weight excluding hydrogens is 296 g/mol. The molecule has 2 aliphatic carbocycles. The fourth-order valence-corrected chi connectivity index (χ4v) is 4.72. The average Bonchev–Trinajstić information content (AvgIpc) is 3.19. The smallest absolute Gasteiger partial charge is 0.00350 e. The van der Waals surface area contributed by atoms with Crippen LogP contribution < -0.4 is 0 Å². The number of allylic oxidation sites excluding steroid dienone is 2. The first-order valence-corrected chi connectivity index (χ1v) is 9.69. The Labute approximate surface area is 143 Å². The van der Waals surface area contributed by atoms with Gasteiger partial charge in [-0.2, -0.15) is 11.8 Å². The number of benzene rings is 2. The van der Waals surface area contributed by atoms with Gasteiger partial charge in [-0.15, -0.1) is 0 Å². The first-order chi connectivity index (χ1) is 11.4. The van der Waals surface area contributed by atoms with E-state index in [0.29, 0.717) is 11.8 Å². The van der Waals surface area contributed by atoms with Crippen molar-refractivity contribution in [1.29, 1.82) is 0 Å². The molecule has 2 unspecified atom stereocenters. The van der Waals surface area contributed by atoms with Crippen LogP contribution in [0.5, 0.6) is 0 Å². The van der Waals surface area contributed by atoms with E-state index in [4.69, 9.17) is 0 Å². The van der Waals surface area contributed by atoms with Gasteiger partial charge in [0.25, 0.3) is 0 Å². The lowest BCUT2D eigenvalue weighted by Gasteiger charge is -2.12. The third-order valence-electron chi connectivity index (χ3n) is 4.95. The molecule has 0 heterocycles. The second-order valence-corrected chi connectivity index (χ2v) is 7.60. The van der Waals surface area contributed by atoms with Crippen LogP contribution in [0.25, 0.3) is 12.2 Å². The second kappa shape index (κ2) is 6.80. The van der Waals surface area contributed by atoms with Gasteiger partial charge >= 0.3 is 0 Å². The molecule has 0 bridgehead atoms. The molecule has 0 aliphatic heterocycles. The lowest BCUT2D eigenvalue weighted by Crippen LogP contribution is -1.98. The zero-order valence-corrected chi connectivity index (χ0v) is 14.1. The fourth-order valence-electron chi connectivity index (χ4n) is 3.67. The molecule has 0 nitrogen and oxygen atoms in total. The molecule has 2 aliphatic rings. The quantitative estimate of drug-likeness (QED) is 0.578. The van der Waals surface area contributed by atoms with Crippen molar-refractivity contribution >= 4 is 23.9 Å². The molecule has 4 rings (SSSR count). The Kier molecular flexibility index (Phi) is 4.39. The lowest BCUT2D eigenvalue weighted by atomic mass is 9.98. The van der Waals surface area contributed by atoms with Gasteiger partial charge in [-0.05, 0) is 46.6 Å². The standard InChI is InChI=1S/C22H22S/c1-3-7-21-17(5-1)9-11-19(21)13-15-23-16-14-20-12-10-18-6-2-4-8-22(18)20/h1-12,19-20H,13-16H2. The lowest BCUT2D eigenvalue weighted by molar-refractivity contribution is 0.813. The summed E-state index contributed by atoms with van der Waals surface area (Å²) in [5.41, 5.74) is 5.85. The van der Waals surface area contributed by atoms with Gasteiger partial charge in [0, 0.05) is 11.8 Å². The van der Waals surface area contributed by atoms with Gasteiger partial charge in [0.15, 0.2) is 0 Å². The summed E-state index contributed by atoms with van der Waals surface area (Å²) in [5, 5.41) is 0. The van der Waals surface area contributed by atoms with Crippen LogP contribution in [0.2, 0.25) is 0 Å². The highest BCUT2D eigenvalue weighted by atomic mass is 32.2. The molecule has 0 N–H and O–H groups in total. The Morgan fingerprint density at radius 1 is 0.652 bits per heavy atom. The fraction of sp³-hybridized carbons (Fsp3) is 0.273. The molecule has 0 spiro atoms. The molecule has 0 radical (unpaired) electrons. The van der Waals surface area contributed by atoms with E-state index in [0.717, 1.165) is 0 Å². The van der Waals surface area contributed by atoms with E-state index in [9.17, 15) is 0 Å². The maximum atomic E-state index is 2.38. The minimum atomic E-state index is 0.630. The zero-order valence-electron chi connectivity index (χ0n) is 13.3. The second-order valence-electron chi connectivity index (χ2n) is 6.38. The SMILES string of the molecule is C1=CC(CCSCCC2C=Cc3ccccc32)c2ccccc21. The Hall–Kier alpha value is -1.73. The third kappa shape index (κ3) is 3.16. The number of rotatable bonds is 6. The van der Waals surface area contributed by atoms with Crippen LogP contribution in [0.15, 0.2) is 60.7 Å². The molecule has 0 amide bonds. The van der Waals surface area contributed by atoms with Crippen LogP contribution in [0.3, 0.4) is 0 Å². The van der Waals surface area contributed by atoms with Crippen molar-refractivity contribution in [2.24, 2.45) is 0 Å². The molecule has 0 aromatic heterocycles. The van der Waals surface area contributed by atoms with Gasteiger partial charge in [-0.1, -0.05) is 72.8 Å². The largest absolute Gasteiger partial charge is 0.162 e. The first kappa shape index (κ1) is 14.8. The predicted octanol–water partition coefficient (Wildman–Crippen LogP) is 6.12. The maximum Gasteiger partial charge on any atom is 0.00350 e. The molecular formula is C22H22S. The molecule has 0 fully saturated rings. The van der Waals surface area contributed by atoms with Crippen molar-refractivity contribution in [2.45, 2.75) is 24.7 Å². The predicted molar refractivity (Wildman–Crippen MR) is 103 cm³/mol. The molecule has 0 saturated carbocycles. The number of hydrogen-bond acceptors (Lipinski definition) is 1. The highest BCUT2D eigenvalue weighted by molar-refractivity contribution is 7.99. The molecule has 1 heteroatoms. The number of fused-ring (bicyclic) bond motifs is 2. The Morgan fingerprint density at radius 2 is 1.13 bits per heavy atom. The topological polar surface area (TPSA) is 0 Å². The van der Waals surface area contributed by atoms with Crippen molar-refractivity contribution in [3.8, 4) is 0 Å². The van der Waals surface area contributed by atoms with Crippen molar-refractivity contribution in [1.82, 2.24) is 0 Å². The van der Waals surface area contributed by atoms with Crippen molar-refractivity contribution in [2.75, 3.05) is 11.5 Å². The van der Waals surface area contributed by atoms with Crippen LogP contribution in [-0.2, 0) is 0 Å². The minimum absolute atomic E-state index is 0.630. The van der Waals surface area contributed by atoms with Crippen LogP contribution in [0.4, 0.5) is 0 Å². The number of thioether (sulfide) groups is 1. The third-order valence-corrected chi connectivity index (χ3v) is 6.00. The zero-order chi connectivity index (χ0) is 15.5. The van der Waals surface area contributed by atoms with E-state index in [1.54, 1.807) is 0 Å². The van der Waals surface area contributed by atoms with E-state index < -0.39 is 0 Å². The molecule has 23 heavy (non-hydrogen) atoms. The van der Waals surface area contributed by atoms with Gasteiger partial charge < -0.3 is 0 Å². The van der Waals surface area contributed by atoms with Gasteiger partial charge in [0.05, 0.1) is 0 Å². The normalized spacial score (nSPS) is 20.7. The Morgan fingerprint density at radius 3 is 1.65 bits per heavy atom. The monoisotopic (exact) mass is 318 g/mol. The Balaban J connectivity index is 1.22. The molecule has 2 atom stereocenters. The summed E-state index contributed by atoms with van der Waals surface area (Å²) in [6.07, 6.45) is 11.8. The summed E-state index contributed by atoms with van der Waals surface area (Å²) in [6, 6.07) is 17.6. The first-order valence-electron chi connectivity index (χ1n) is 8.54. The van der Waals surface area contributed by atoms with Crippen molar-refractivity contribution < 1.29 is 0 Å². The average molecular weight is 318 g/mol. The summed E-state index contributed by atoms with van der Waals surface area (Å²) < 4.78 is 0. The van der Waals surface area contributed by atoms with Gasteiger partial charge in [-0.3, -0.25) is 0 Å². The minimum Gasteiger partial charge on any atom is -0.162 e. The summed E-state index contributed by atoms with van der Waals surface area (Å²) in [6.45, 7) is 0. The van der Waals surface area contributed by atoms with Crippen molar-refractivity contribution in [3.63, 3.8) is 0 Å². The molecule has 2 aromatic rings. The van der Waals surface area contributed by atoms with Gasteiger partial charge in [-0.25, -0.2) is 0 Å². The molecule has 116 valence electrons. The summed E-state index contributed by atoms with van der Waals surface area (Å²) in [4.78, 5) is 0. The van der Waals surface area contributed by atoms with Crippen LogP contribution in [0.1, 0.15) is 46.9 Å². The molecule has 2 aromatic carbocycles. The van der Waals surface area contributed by atoms with Gasteiger partial charge in [0.2, 0.25) is 0 Å². The number of hydrogen-bond donors (Lipinski definition) is 0. The van der Waals surface area contributed by atoms with E-state index in [-0.39, 0.29) is 0 Å². The maximum absolute atomic E-state index is 2.38. The highest BCUT2D eigenvalue weighted by Crippen LogP contribution is 2.35. The van der Waals surface area contributed by atoms with E-state index in [1.807, 2.05) is 0 Å². The van der Waals surface area contributed by atoms with Crippen LogP contribution in [-0.4, -0.2) is 11.5 Å². The summed E-state index contributed by atoms with van der Waals surface area (Å²) in [7, 11) is 0. The van der Waals surface area contributed by atoms with Gasteiger partial charge in [0.1, 0.15) is 0 Å². The van der Waals surface area contributed by atoms with Crippen LogP contribution >= 0.6 is 11.8 Å². The van der Waals surface area contributed by atoms with Crippen LogP contribution in [0, 0.1) is 0 Å². The summed E-state index contributed by atoms with van der Waals surface area (Å²) in [5.74, 6) is 3.76. The van der Waals surface area contributed by atoms with Crippen molar-refractivity contribution in [3.05, 3.63) is 82.9 Å².